The summed E-state index contributed by atoms with van der Waals surface area (Å²) in [6.07, 6.45) is 1.98. The number of amides is 1. The van der Waals surface area contributed by atoms with E-state index in [1.54, 1.807) is 0 Å². The van der Waals surface area contributed by atoms with Gasteiger partial charge in [-0.25, -0.2) is 0 Å². The van der Waals surface area contributed by atoms with Gasteiger partial charge in [-0.15, -0.1) is 12.4 Å². The highest BCUT2D eigenvalue weighted by atomic mass is 35.5. The van der Waals surface area contributed by atoms with Gasteiger partial charge in [0.25, 0.3) is 0 Å². The summed E-state index contributed by atoms with van der Waals surface area (Å²) in [5.41, 5.74) is 1.26. The highest BCUT2D eigenvalue weighted by Gasteiger charge is 2.32. The smallest absolute Gasteiger partial charge is 0.226 e. The number of nitrogens with zero attached hydrogens (tertiary/aromatic N) is 1. The summed E-state index contributed by atoms with van der Waals surface area (Å²) in [6.45, 7) is 7.16. The molecule has 4 heteroatoms. The normalized spacial score (nSPS) is 19.1. The monoisotopic (exact) mass is 324 g/mol. The molecule has 1 aliphatic rings. The third kappa shape index (κ3) is 4.99. The number of carbonyl (C=O) groups excluding carboxylic acids is 1. The van der Waals surface area contributed by atoms with E-state index in [-0.39, 0.29) is 18.3 Å². The van der Waals surface area contributed by atoms with E-state index in [0.29, 0.717) is 17.7 Å². The van der Waals surface area contributed by atoms with Crippen LogP contribution in [-0.2, 0) is 11.2 Å². The maximum atomic E-state index is 12.8. The summed E-state index contributed by atoms with van der Waals surface area (Å²) < 4.78 is 0. The van der Waals surface area contributed by atoms with Gasteiger partial charge in [-0.3, -0.25) is 4.79 Å². The second-order valence-corrected chi connectivity index (χ2v) is 6.54. The Kier molecular flexibility index (Phi) is 7.91. The predicted octanol–water partition coefficient (Wildman–Crippen LogP) is 2.99. The summed E-state index contributed by atoms with van der Waals surface area (Å²) in [5.74, 6) is 1.43. The van der Waals surface area contributed by atoms with E-state index in [1.165, 1.54) is 5.56 Å². The van der Waals surface area contributed by atoms with Crippen molar-refractivity contribution >= 4 is 18.3 Å². The van der Waals surface area contributed by atoms with Crippen LogP contribution in [0.3, 0.4) is 0 Å². The molecule has 0 saturated carbocycles. The molecule has 2 rings (SSSR count). The van der Waals surface area contributed by atoms with Crippen LogP contribution < -0.4 is 5.32 Å². The molecule has 1 saturated heterocycles. The second-order valence-electron chi connectivity index (χ2n) is 6.54. The van der Waals surface area contributed by atoms with Crippen LogP contribution >= 0.6 is 12.4 Å². The predicted molar refractivity (Wildman–Crippen MR) is 94.3 cm³/mol. The van der Waals surface area contributed by atoms with Crippen molar-refractivity contribution in [3.63, 3.8) is 0 Å². The molecule has 1 fully saturated rings. The van der Waals surface area contributed by atoms with Crippen LogP contribution in [0.5, 0.6) is 0 Å². The van der Waals surface area contributed by atoms with Gasteiger partial charge in [-0.2, -0.15) is 0 Å². The van der Waals surface area contributed by atoms with Crippen LogP contribution in [0.1, 0.15) is 25.8 Å². The zero-order chi connectivity index (χ0) is 15.2. The molecule has 22 heavy (non-hydrogen) atoms. The molecular weight excluding hydrogens is 296 g/mol. The number of halogens is 1. The Balaban J connectivity index is 0.00000242. The Bertz CT molecular complexity index is 450. The largest absolute Gasteiger partial charge is 0.342 e. The molecule has 0 spiro atoms. The third-order valence-corrected chi connectivity index (χ3v) is 4.51. The van der Waals surface area contributed by atoms with E-state index in [0.717, 1.165) is 32.5 Å². The molecule has 1 aromatic rings. The number of hydrogen-bond donors (Lipinski definition) is 1. The number of hydrogen-bond acceptors (Lipinski definition) is 2. The van der Waals surface area contributed by atoms with Gasteiger partial charge in [-0.1, -0.05) is 44.2 Å². The molecule has 2 unspecified atom stereocenters. The highest BCUT2D eigenvalue weighted by Crippen LogP contribution is 2.24. The van der Waals surface area contributed by atoms with Crippen molar-refractivity contribution in [1.29, 1.82) is 0 Å². The maximum Gasteiger partial charge on any atom is 0.226 e. The fourth-order valence-electron chi connectivity index (χ4n) is 3.20. The minimum absolute atomic E-state index is 0. The molecule has 2 atom stereocenters. The van der Waals surface area contributed by atoms with Crippen molar-refractivity contribution in [2.75, 3.05) is 26.7 Å². The Morgan fingerprint density at radius 2 is 2.00 bits per heavy atom. The first-order valence-corrected chi connectivity index (χ1v) is 8.09. The van der Waals surface area contributed by atoms with Crippen LogP contribution in [-0.4, -0.2) is 37.5 Å². The average Bonchev–Trinajstić information content (AvgIpc) is 2.94. The number of likely N-dealkylation sites (tertiary alicyclic amines) is 1. The summed E-state index contributed by atoms with van der Waals surface area (Å²) in [5, 5.41) is 3.22. The molecule has 0 radical (unpaired) electrons. The van der Waals surface area contributed by atoms with Crippen molar-refractivity contribution in [2.45, 2.75) is 26.7 Å². The number of benzene rings is 1. The SMILES string of the molecule is CNCC1CCN(C(=O)C(Cc2ccccc2)C(C)C)C1.Cl. The number of carbonyl (C=O) groups is 1. The molecule has 3 nitrogen and oxygen atoms in total. The highest BCUT2D eigenvalue weighted by molar-refractivity contribution is 5.85. The Morgan fingerprint density at radius 3 is 2.59 bits per heavy atom. The number of rotatable bonds is 6. The Hall–Kier alpha value is -1.06. The van der Waals surface area contributed by atoms with Crippen molar-refractivity contribution < 1.29 is 4.79 Å². The zero-order valence-electron chi connectivity index (χ0n) is 13.9. The Labute approximate surface area is 140 Å². The third-order valence-electron chi connectivity index (χ3n) is 4.51. The van der Waals surface area contributed by atoms with E-state index in [4.69, 9.17) is 0 Å². The topological polar surface area (TPSA) is 32.3 Å². The lowest BCUT2D eigenvalue weighted by molar-refractivity contribution is -0.136. The van der Waals surface area contributed by atoms with E-state index in [2.05, 4.69) is 48.3 Å². The molecule has 124 valence electrons. The van der Waals surface area contributed by atoms with Gasteiger partial charge in [0, 0.05) is 19.0 Å². The van der Waals surface area contributed by atoms with Gasteiger partial charge in [0.05, 0.1) is 0 Å². The lowest BCUT2D eigenvalue weighted by Gasteiger charge is -2.26. The molecule has 1 N–H and O–H groups in total. The maximum absolute atomic E-state index is 12.8. The van der Waals surface area contributed by atoms with Gasteiger partial charge in [0.2, 0.25) is 5.91 Å². The fourth-order valence-corrected chi connectivity index (χ4v) is 3.20. The summed E-state index contributed by atoms with van der Waals surface area (Å²) in [4.78, 5) is 14.9. The molecule has 1 heterocycles. The van der Waals surface area contributed by atoms with E-state index in [1.807, 2.05) is 13.1 Å². The molecular formula is C18H29ClN2O. The van der Waals surface area contributed by atoms with E-state index >= 15 is 0 Å². The van der Waals surface area contributed by atoms with E-state index in [9.17, 15) is 4.79 Å². The average molecular weight is 325 g/mol. The van der Waals surface area contributed by atoms with E-state index < -0.39 is 0 Å². The molecule has 0 aromatic heterocycles. The van der Waals surface area contributed by atoms with Crippen molar-refractivity contribution in [2.24, 2.45) is 17.8 Å². The lowest BCUT2D eigenvalue weighted by atomic mass is 9.88. The fraction of sp³-hybridized carbons (Fsp3) is 0.611. The molecule has 1 aromatic carbocycles. The molecule has 1 aliphatic heterocycles. The summed E-state index contributed by atoms with van der Waals surface area (Å²) in [6, 6.07) is 10.4. The first-order valence-electron chi connectivity index (χ1n) is 8.09. The van der Waals surface area contributed by atoms with Crippen molar-refractivity contribution in [1.82, 2.24) is 10.2 Å². The quantitative estimate of drug-likeness (QED) is 0.872. The lowest BCUT2D eigenvalue weighted by Crippen LogP contribution is -2.38. The minimum atomic E-state index is 0. The van der Waals surface area contributed by atoms with Crippen LogP contribution in [0, 0.1) is 17.8 Å². The van der Waals surface area contributed by atoms with Crippen LogP contribution in [0.2, 0.25) is 0 Å². The number of nitrogens with one attached hydrogen (secondary N) is 1. The van der Waals surface area contributed by atoms with Gasteiger partial charge in [0.15, 0.2) is 0 Å². The molecule has 1 amide bonds. The van der Waals surface area contributed by atoms with Gasteiger partial charge in [-0.05, 0) is 43.8 Å². The molecule has 0 aliphatic carbocycles. The first kappa shape index (κ1) is 19.0. The summed E-state index contributed by atoms with van der Waals surface area (Å²) in [7, 11) is 1.98. The van der Waals surface area contributed by atoms with Crippen molar-refractivity contribution in [3.05, 3.63) is 35.9 Å². The minimum Gasteiger partial charge on any atom is -0.342 e. The van der Waals surface area contributed by atoms with Crippen LogP contribution in [0.25, 0.3) is 0 Å². The van der Waals surface area contributed by atoms with Crippen LogP contribution in [0.4, 0.5) is 0 Å². The molecule has 0 bridgehead atoms. The zero-order valence-corrected chi connectivity index (χ0v) is 14.7. The van der Waals surface area contributed by atoms with Gasteiger partial charge in [0.1, 0.15) is 0 Å². The second kappa shape index (κ2) is 9.16. The standard InChI is InChI=1S/C18H28N2O.ClH/c1-14(2)17(11-15-7-5-4-6-8-15)18(21)20-10-9-16(13-20)12-19-3;/h4-8,14,16-17,19H,9-13H2,1-3H3;1H. The Morgan fingerprint density at radius 1 is 1.32 bits per heavy atom. The van der Waals surface area contributed by atoms with Crippen LogP contribution in [0.15, 0.2) is 30.3 Å². The first-order chi connectivity index (χ1) is 10.1. The summed E-state index contributed by atoms with van der Waals surface area (Å²) >= 11 is 0. The van der Waals surface area contributed by atoms with Gasteiger partial charge >= 0.3 is 0 Å². The van der Waals surface area contributed by atoms with Gasteiger partial charge < -0.3 is 10.2 Å². The van der Waals surface area contributed by atoms with Crippen molar-refractivity contribution in [3.8, 4) is 0 Å².